The molecule has 0 radical (unpaired) electrons. The Morgan fingerprint density at radius 3 is 2.86 bits per heavy atom. The lowest BCUT2D eigenvalue weighted by Crippen LogP contribution is -2.16. The first-order valence-electron chi connectivity index (χ1n) is 11.2. The molecule has 0 spiro atoms. The summed E-state index contributed by atoms with van der Waals surface area (Å²) in [6.07, 6.45) is 2.60. The van der Waals surface area contributed by atoms with Crippen molar-refractivity contribution >= 4 is 48.2 Å². The van der Waals surface area contributed by atoms with Crippen molar-refractivity contribution in [2.75, 3.05) is 11.3 Å². The maximum absolute atomic E-state index is 13.3. The molecule has 5 aromatic rings. The number of halogens is 1. The number of benzene rings is 3. The zero-order chi connectivity index (χ0) is 24.3. The fraction of sp³-hybridized carbons (Fsp3) is 0.200. The first-order chi connectivity index (χ1) is 17.0. The van der Waals surface area contributed by atoms with Crippen LogP contribution in [0.2, 0.25) is 0 Å². The molecule has 5 rings (SSSR count). The summed E-state index contributed by atoms with van der Waals surface area (Å²) >= 11 is 1.47. The van der Waals surface area contributed by atoms with Crippen LogP contribution in [0, 0.1) is 5.82 Å². The minimum Gasteiger partial charge on any atom is -0.356 e. The molecule has 7 nitrogen and oxygen atoms in total. The van der Waals surface area contributed by atoms with Gasteiger partial charge in [-0.2, -0.15) is 0 Å². The smallest absolute Gasteiger partial charge is 0.261 e. The molecule has 0 fully saturated rings. The van der Waals surface area contributed by atoms with Crippen LogP contribution in [0.5, 0.6) is 0 Å². The summed E-state index contributed by atoms with van der Waals surface area (Å²) in [6, 6.07) is 16.8. The molecular formula is C25H23FN4O3S2. The van der Waals surface area contributed by atoms with E-state index >= 15 is 0 Å². The highest BCUT2D eigenvalue weighted by atomic mass is 32.2. The van der Waals surface area contributed by atoms with Gasteiger partial charge in [0.15, 0.2) is 5.58 Å². The summed E-state index contributed by atoms with van der Waals surface area (Å²) in [6.45, 7) is 1.42. The average molecular weight is 511 g/mol. The Hall–Kier alpha value is -3.34. The molecule has 0 aliphatic rings. The molecule has 10 heteroatoms. The largest absolute Gasteiger partial charge is 0.356 e. The third-order valence-electron chi connectivity index (χ3n) is 5.65. The van der Waals surface area contributed by atoms with Gasteiger partial charge in [0.1, 0.15) is 5.82 Å². The van der Waals surface area contributed by atoms with Gasteiger partial charge in [-0.3, -0.25) is 4.72 Å². The molecule has 0 aliphatic carbocycles. The second kappa shape index (κ2) is 10.1. The number of nitrogens with one attached hydrogen (secondary N) is 2. The zero-order valence-corrected chi connectivity index (χ0v) is 20.3. The molecule has 0 saturated heterocycles. The monoisotopic (exact) mass is 510 g/mol. The Labute approximate surface area is 206 Å². The fourth-order valence-corrected chi connectivity index (χ4v) is 5.61. The van der Waals surface area contributed by atoms with Crippen LogP contribution in [0.4, 0.5) is 10.1 Å². The summed E-state index contributed by atoms with van der Waals surface area (Å²) in [5.41, 5.74) is 5.17. The second-order valence-electron chi connectivity index (χ2n) is 8.19. The van der Waals surface area contributed by atoms with Crippen LogP contribution in [0.1, 0.15) is 24.1 Å². The minimum atomic E-state index is -3.71. The van der Waals surface area contributed by atoms with E-state index in [0.717, 1.165) is 47.2 Å². The van der Waals surface area contributed by atoms with E-state index in [-0.39, 0.29) is 10.7 Å². The van der Waals surface area contributed by atoms with Gasteiger partial charge >= 0.3 is 0 Å². The van der Waals surface area contributed by atoms with Gasteiger partial charge in [0.25, 0.3) is 10.0 Å². The lowest BCUT2D eigenvalue weighted by molar-refractivity contribution is 0.442. The summed E-state index contributed by atoms with van der Waals surface area (Å²) in [5, 5.41) is 8.29. The van der Waals surface area contributed by atoms with Crippen molar-refractivity contribution in [2.24, 2.45) is 0 Å². The molecule has 0 unspecified atom stereocenters. The van der Waals surface area contributed by atoms with Crippen molar-refractivity contribution in [1.82, 2.24) is 15.5 Å². The van der Waals surface area contributed by atoms with Gasteiger partial charge in [0, 0.05) is 23.7 Å². The van der Waals surface area contributed by atoms with Crippen LogP contribution in [-0.4, -0.2) is 25.1 Å². The number of thiazole rings is 1. The Morgan fingerprint density at radius 2 is 1.94 bits per heavy atom. The predicted molar refractivity (Wildman–Crippen MR) is 135 cm³/mol. The number of sulfonamides is 1. The molecule has 180 valence electrons. The van der Waals surface area contributed by atoms with Crippen molar-refractivity contribution in [3.05, 3.63) is 83.2 Å². The average Bonchev–Trinajstić information content (AvgIpc) is 3.47. The first kappa shape index (κ1) is 23.4. The highest BCUT2D eigenvalue weighted by Gasteiger charge is 2.15. The van der Waals surface area contributed by atoms with Crippen LogP contribution in [0.3, 0.4) is 0 Å². The number of aromatic nitrogens is 2. The van der Waals surface area contributed by atoms with Crippen molar-refractivity contribution in [3.8, 4) is 0 Å². The molecule has 0 bridgehead atoms. The minimum absolute atomic E-state index is 0.185. The molecule has 2 N–H and O–H groups in total. The van der Waals surface area contributed by atoms with E-state index in [2.05, 4.69) is 20.2 Å². The van der Waals surface area contributed by atoms with E-state index in [1.165, 1.54) is 23.5 Å². The summed E-state index contributed by atoms with van der Waals surface area (Å²) in [5.74, 6) is -0.335. The van der Waals surface area contributed by atoms with Crippen LogP contribution in [-0.2, 0) is 23.0 Å². The van der Waals surface area contributed by atoms with Crippen LogP contribution < -0.4 is 10.0 Å². The Balaban J connectivity index is 1.11. The number of hydrogen-bond donors (Lipinski definition) is 2. The van der Waals surface area contributed by atoms with Gasteiger partial charge in [0.2, 0.25) is 0 Å². The topological polar surface area (TPSA) is 97.1 Å². The first-order valence-corrected chi connectivity index (χ1v) is 13.5. The Bertz CT molecular complexity index is 1580. The normalized spacial score (nSPS) is 11.9. The highest BCUT2D eigenvalue weighted by molar-refractivity contribution is 7.92. The van der Waals surface area contributed by atoms with E-state index in [4.69, 9.17) is 4.52 Å². The summed E-state index contributed by atoms with van der Waals surface area (Å²) in [4.78, 5) is 4.38. The quantitative estimate of drug-likeness (QED) is 0.241. The number of aryl methyl sites for hydroxylation is 1. The highest BCUT2D eigenvalue weighted by Crippen LogP contribution is 2.24. The van der Waals surface area contributed by atoms with Gasteiger partial charge in [-0.25, -0.2) is 17.8 Å². The van der Waals surface area contributed by atoms with Gasteiger partial charge in [0.05, 0.1) is 26.3 Å². The molecular weight excluding hydrogens is 487 g/mol. The van der Waals surface area contributed by atoms with Gasteiger partial charge in [-0.15, -0.1) is 11.3 Å². The second-order valence-corrected chi connectivity index (χ2v) is 10.8. The third-order valence-corrected chi connectivity index (χ3v) is 7.84. The third kappa shape index (κ3) is 5.50. The fourth-order valence-electron chi connectivity index (χ4n) is 3.88. The van der Waals surface area contributed by atoms with E-state index in [9.17, 15) is 12.8 Å². The van der Waals surface area contributed by atoms with Gasteiger partial charge < -0.3 is 9.84 Å². The number of hydrogen-bond acceptors (Lipinski definition) is 7. The van der Waals surface area contributed by atoms with Crippen molar-refractivity contribution in [3.63, 3.8) is 0 Å². The number of nitrogens with zero attached hydrogens (tertiary/aromatic N) is 2. The molecule has 2 heterocycles. The molecule has 0 atom stereocenters. The predicted octanol–water partition coefficient (Wildman–Crippen LogP) is 5.49. The molecule has 0 saturated carbocycles. The van der Waals surface area contributed by atoms with E-state index in [1.807, 2.05) is 18.2 Å². The maximum atomic E-state index is 13.3. The van der Waals surface area contributed by atoms with Crippen LogP contribution in [0.25, 0.3) is 21.2 Å². The molecule has 3 aromatic carbocycles. The lowest BCUT2D eigenvalue weighted by atomic mass is 10.1. The summed E-state index contributed by atoms with van der Waals surface area (Å²) < 4.78 is 47.7. The van der Waals surface area contributed by atoms with E-state index < -0.39 is 10.0 Å². The van der Waals surface area contributed by atoms with Crippen molar-refractivity contribution in [1.29, 1.82) is 0 Å². The van der Waals surface area contributed by atoms with Gasteiger partial charge in [-0.1, -0.05) is 17.3 Å². The lowest BCUT2D eigenvalue weighted by Gasteiger charge is -2.10. The van der Waals surface area contributed by atoms with E-state index in [0.29, 0.717) is 23.3 Å². The van der Waals surface area contributed by atoms with Gasteiger partial charge in [-0.05, 0) is 73.8 Å². The van der Waals surface area contributed by atoms with Crippen LogP contribution >= 0.6 is 11.3 Å². The SMILES string of the molecule is O=S(=O)(Nc1cccc(CNCCCCc2noc3cc(F)ccc23)c1)c1ccc2scnc2c1. The Morgan fingerprint density at radius 1 is 1.03 bits per heavy atom. The van der Waals surface area contributed by atoms with Crippen molar-refractivity contribution in [2.45, 2.75) is 30.7 Å². The molecule has 0 aliphatic heterocycles. The number of unbranched alkanes of at least 4 members (excludes halogenated alkanes) is 1. The number of fused-ring (bicyclic) bond motifs is 2. The molecule has 2 aromatic heterocycles. The maximum Gasteiger partial charge on any atom is 0.261 e. The molecule has 35 heavy (non-hydrogen) atoms. The number of anilines is 1. The standard InChI is InChI=1S/C25H23FN4O3S2/c26-18-7-9-21-22(29-33-24(21)13-18)6-1-2-11-27-15-17-4-3-5-19(12-17)30-35(31,32)20-8-10-25-23(14-20)28-16-34-25/h3-5,7-10,12-14,16,27,30H,1-2,6,11,15H2. The Kier molecular flexibility index (Phi) is 6.76. The molecule has 0 amide bonds. The van der Waals surface area contributed by atoms with Crippen molar-refractivity contribution < 1.29 is 17.3 Å². The summed E-state index contributed by atoms with van der Waals surface area (Å²) in [7, 11) is -3.71. The number of rotatable bonds is 10. The zero-order valence-electron chi connectivity index (χ0n) is 18.7. The van der Waals surface area contributed by atoms with E-state index in [1.54, 1.807) is 35.8 Å². The van der Waals surface area contributed by atoms with Crippen LogP contribution in [0.15, 0.2) is 75.6 Å².